The minimum Gasteiger partial charge on any atom is -0.462 e. The Hall–Kier alpha value is -3.04. The van der Waals surface area contributed by atoms with Crippen LogP contribution in [0.5, 0.6) is 0 Å². The van der Waals surface area contributed by atoms with Crippen LogP contribution in [0.15, 0.2) is 83.8 Å². The van der Waals surface area contributed by atoms with E-state index in [4.69, 9.17) is 4.74 Å². The lowest BCUT2D eigenvalue weighted by Crippen LogP contribution is -2.21. The molecule has 3 heteroatoms. The van der Waals surface area contributed by atoms with E-state index in [1.807, 2.05) is 43.0 Å². The monoisotopic (exact) mass is 440 g/mol. The highest BCUT2D eigenvalue weighted by Gasteiger charge is 2.29. The molecule has 3 aromatic rings. The van der Waals surface area contributed by atoms with Crippen LogP contribution in [0, 0.1) is 0 Å². The van der Waals surface area contributed by atoms with Crippen molar-refractivity contribution in [3.8, 4) is 0 Å². The van der Waals surface area contributed by atoms with Crippen molar-refractivity contribution in [1.82, 2.24) is 0 Å². The van der Waals surface area contributed by atoms with Gasteiger partial charge in [-0.1, -0.05) is 92.4 Å². The molecule has 0 saturated heterocycles. The Morgan fingerprint density at radius 3 is 2.44 bits per heavy atom. The van der Waals surface area contributed by atoms with Crippen molar-refractivity contribution in [2.24, 2.45) is 0 Å². The van der Waals surface area contributed by atoms with Crippen LogP contribution >= 0.6 is 11.8 Å². The van der Waals surface area contributed by atoms with Crippen molar-refractivity contribution in [3.63, 3.8) is 0 Å². The third-order valence-electron chi connectivity index (χ3n) is 5.72. The first-order chi connectivity index (χ1) is 15.5. The second-order valence-corrected chi connectivity index (χ2v) is 9.63. The molecule has 3 aromatic carbocycles. The largest absolute Gasteiger partial charge is 0.462 e. The lowest BCUT2D eigenvalue weighted by molar-refractivity contribution is 0.0526. The fourth-order valence-corrected chi connectivity index (χ4v) is 4.99. The van der Waals surface area contributed by atoms with E-state index in [0.29, 0.717) is 12.2 Å². The summed E-state index contributed by atoms with van der Waals surface area (Å²) in [4.78, 5) is 14.5. The summed E-state index contributed by atoms with van der Waals surface area (Å²) >= 11 is 1.83. The van der Waals surface area contributed by atoms with Crippen LogP contribution in [0.25, 0.3) is 17.1 Å². The third-order valence-corrected chi connectivity index (χ3v) is 6.82. The zero-order valence-corrected chi connectivity index (χ0v) is 19.6. The topological polar surface area (TPSA) is 26.3 Å². The van der Waals surface area contributed by atoms with Crippen LogP contribution in [0.4, 0.5) is 0 Å². The van der Waals surface area contributed by atoms with Gasteiger partial charge in [-0.15, -0.1) is 0 Å². The Kier molecular flexibility index (Phi) is 6.66. The van der Waals surface area contributed by atoms with E-state index < -0.39 is 0 Å². The van der Waals surface area contributed by atoms with Crippen molar-refractivity contribution < 1.29 is 9.53 Å². The van der Waals surface area contributed by atoms with Gasteiger partial charge in [-0.3, -0.25) is 0 Å². The molecule has 0 atom stereocenters. The van der Waals surface area contributed by atoms with Gasteiger partial charge in [0, 0.05) is 9.80 Å². The van der Waals surface area contributed by atoms with E-state index in [0.717, 1.165) is 12.0 Å². The van der Waals surface area contributed by atoms with Gasteiger partial charge < -0.3 is 4.74 Å². The Labute approximate surface area is 195 Å². The SMILES string of the molecule is CCOC(=O)c1ccc(/C=C/c2cccc3c2C(Sc2ccccc2)=CCC3(C)C)cc1. The Balaban J connectivity index is 1.66. The minimum absolute atomic E-state index is 0.0984. The second kappa shape index (κ2) is 9.62. The highest BCUT2D eigenvalue weighted by molar-refractivity contribution is 8.08. The molecule has 0 aromatic heterocycles. The predicted octanol–water partition coefficient (Wildman–Crippen LogP) is 7.85. The summed E-state index contributed by atoms with van der Waals surface area (Å²) < 4.78 is 5.07. The average Bonchev–Trinajstić information content (AvgIpc) is 2.81. The van der Waals surface area contributed by atoms with Crippen LogP contribution in [0.2, 0.25) is 0 Å². The zero-order chi connectivity index (χ0) is 22.6. The van der Waals surface area contributed by atoms with Gasteiger partial charge in [0.25, 0.3) is 0 Å². The highest BCUT2D eigenvalue weighted by Crippen LogP contribution is 2.47. The molecule has 0 radical (unpaired) electrons. The summed E-state index contributed by atoms with van der Waals surface area (Å²) in [5.74, 6) is -0.282. The van der Waals surface area contributed by atoms with Crippen LogP contribution in [-0.4, -0.2) is 12.6 Å². The quantitative estimate of drug-likeness (QED) is 0.288. The number of hydrogen-bond donors (Lipinski definition) is 0. The van der Waals surface area contributed by atoms with Gasteiger partial charge in [0.1, 0.15) is 0 Å². The summed E-state index contributed by atoms with van der Waals surface area (Å²) in [7, 11) is 0. The van der Waals surface area contributed by atoms with E-state index in [1.54, 1.807) is 0 Å². The van der Waals surface area contributed by atoms with Gasteiger partial charge in [-0.05, 0) is 65.3 Å². The van der Waals surface area contributed by atoms with Crippen LogP contribution in [0.1, 0.15) is 59.8 Å². The van der Waals surface area contributed by atoms with E-state index >= 15 is 0 Å². The first-order valence-corrected chi connectivity index (χ1v) is 11.8. The lowest BCUT2D eigenvalue weighted by Gasteiger charge is -2.33. The number of benzene rings is 3. The summed E-state index contributed by atoms with van der Waals surface area (Å²) in [5, 5.41) is 0. The van der Waals surface area contributed by atoms with Gasteiger partial charge >= 0.3 is 5.97 Å². The van der Waals surface area contributed by atoms with Crippen molar-refractivity contribution in [1.29, 1.82) is 0 Å². The second-order valence-electron chi connectivity index (χ2n) is 8.52. The normalized spacial score (nSPS) is 14.7. The first kappa shape index (κ1) is 22.2. The number of ether oxygens (including phenoxy) is 1. The fourth-order valence-electron chi connectivity index (χ4n) is 3.95. The number of thioether (sulfide) groups is 1. The van der Waals surface area contributed by atoms with Crippen LogP contribution in [-0.2, 0) is 10.2 Å². The standard InChI is InChI=1S/C29H28O2S/c1-4-31-28(30)23-17-14-21(15-18-23)13-16-22-9-8-12-25-27(22)26(19-20-29(25,2)3)32-24-10-6-5-7-11-24/h5-19H,4,20H2,1-3H3/b16-13+. The molecule has 2 nitrogen and oxygen atoms in total. The van der Waals surface area contributed by atoms with Gasteiger partial charge in [0.15, 0.2) is 0 Å². The molecule has 162 valence electrons. The molecule has 0 amide bonds. The zero-order valence-electron chi connectivity index (χ0n) is 18.8. The van der Waals surface area contributed by atoms with Crippen molar-refractivity contribution >= 4 is 34.8 Å². The van der Waals surface area contributed by atoms with Gasteiger partial charge in [-0.25, -0.2) is 4.79 Å². The summed E-state index contributed by atoms with van der Waals surface area (Å²) in [6, 6.07) is 24.7. The molecule has 0 unspecified atom stereocenters. The van der Waals surface area contributed by atoms with Crippen molar-refractivity contribution in [2.75, 3.05) is 6.61 Å². The van der Waals surface area contributed by atoms with Gasteiger partial charge in [0.2, 0.25) is 0 Å². The van der Waals surface area contributed by atoms with Crippen molar-refractivity contribution in [3.05, 3.63) is 107 Å². The Morgan fingerprint density at radius 2 is 1.72 bits per heavy atom. The van der Waals surface area contributed by atoms with E-state index in [1.165, 1.54) is 26.5 Å². The molecule has 0 aliphatic heterocycles. The first-order valence-electron chi connectivity index (χ1n) is 11.0. The Bertz CT molecular complexity index is 1160. The van der Waals surface area contributed by atoms with E-state index in [2.05, 4.69) is 80.6 Å². The van der Waals surface area contributed by atoms with Crippen LogP contribution < -0.4 is 0 Å². The molecule has 0 N–H and O–H groups in total. The summed E-state index contributed by atoms with van der Waals surface area (Å²) in [5.41, 5.74) is 5.63. The van der Waals surface area contributed by atoms with Gasteiger partial charge in [-0.2, -0.15) is 0 Å². The molecule has 0 spiro atoms. The van der Waals surface area contributed by atoms with Crippen LogP contribution in [0.3, 0.4) is 0 Å². The predicted molar refractivity (Wildman–Crippen MR) is 136 cm³/mol. The fraction of sp³-hybridized carbons (Fsp3) is 0.207. The molecule has 0 fully saturated rings. The molecule has 1 aliphatic rings. The number of carbonyl (C=O) groups excluding carboxylic acids is 1. The maximum atomic E-state index is 11.9. The lowest BCUT2D eigenvalue weighted by atomic mass is 9.74. The minimum atomic E-state index is -0.282. The molecule has 0 heterocycles. The molecule has 4 rings (SSSR count). The van der Waals surface area contributed by atoms with Crippen molar-refractivity contribution in [2.45, 2.75) is 37.5 Å². The molecular formula is C29H28O2S. The van der Waals surface area contributed by atoms with Gasteiger partial charge in [0.05, 0.1) is 12.2 Å². The number of hydrogen-bond acceptors (Lipinski definition) is 3. The number of esters is 1. The highest BCUT2D eigenvalue weighted by atomic mass is 32.2. The smallest absolute Gasteiger partial charge is 0.338 e. The van der Waals surface area contributed by atoms with E-state index in [-0.39, 0.29) is 11.4 Å². The van der Waals surface area contributed by atoms with E-state index in [9.17, 15) is 4.79 Å². The maximum absolute atomic E-state index is 11.9. The Morgan fingerprint density at radius 1 is 0.969 bits per heavy atom. The average molecular weight is 441 g/mol. The molecule has 0 saturated carbocycles. The molecule has 0 bridgehead atoms. The number of rotatable bonds is 6. The number of allylic oxidation sites excluding steroid dienone is 1. The third kappa shape index (κ3) is 4.89. The summed E-state index contributed by atoms with van der Waals surface area (Å²) in [6.45, 7) is 6.82. The maximum Gasteiger partial charge on any atom is 0.338 e. The molecule has 32 heavy (non-hydrogen) atoms. The molecular weight excluding hydrogens is 412 g/mol. The summed E-state index contributed by atoms with van der Waals surface area (Å²) in [6.07, 6.45) is 7.69. The molecule has 1 aliphatic carbocycles. The number of fused-ring (bicyclic) bond motifs is 1. The number of carbonyl (C=O) groups is 1.